The number of fused-ring (bicyclic) bond motifs is 1. The van der Waals surface area contributed by atoms with Gasteiger partial charge < -0.3 is 10.3 Å². The van der Waals surface area contributed by atoms with Crippen molar-refractivity contribution < 1.29 is 0 Å². The number of unbranched alkanes of at least 4 members (excludes halogenated alkanes) is 1. The largest absolute Gasteiger partial charge is 0.330 e. The topological polar surface area (TPSA) is 48.0 Å². The van der Waals surface area contributed by atoms with E-state index in [9.17, 15) is 4.79 Å². The number of hydrogen-bond acceptors (Lipinski definition) is 2. The monoisotopic (exact) mass is 272 g/mol. The van der Waals surface area contributed by atoms with Crippen molar-refractivity contribution in [2.45, 2.75) is 45.6 Å². The highest BCUT2D eigenvalue weighted by atomic mass is 16.1. The predicted octanol–water partition coefficient (Wildman–Crippen LogP) is 3.04. The average molecular weight is 272 g/mol. The molecule has 0 aliphatic rings. The van der Waals surface area contributed by atoms with E-state index in [1.807, 2.05) is 18.3 Å². The molecule has 0 amide bonds. The van der Waals surface area contributed by atoms with Crippen molar-refractivity contribution in [2.24, 2.45) is 5.73 Å². The molecule has 1 aromatic carbocycles. The molecule has 1 heterocycles. The summed E-state index contributed by atoms with van der Waals surface area (Å²) in [6, 6.07) is 8.18. The summed E-state index contributed by atoms with van der Waals surface area (Å²) in [5.41, 5.74) is 6.94. The fourth-order valence-corrected chi connectivity index (χ4v) is 2.36. The van der Waals surface area contributed by atoms with Gasteiger partial charge in [-0.25, -0.2) is 0 Å². The minimum atomic E-state index is 0.0972. The normalized spacial score (nSPS) is 12.0. The number of hydrogen-bond donors (Lipinski definition) is 1. The van der Waals surface area contributed by atoms with Gasteiger partial charge >= 0.3 is 0 Å². The Labute approximate surface area is 120 Å². The van der Waals surface area contributed by atoms with Crippen LogP contribution in [0.25, 0.3) is 10.8 Å². The van der Waals surface area contributed by atoms with Crippen molar-refractivity contribution in [2.75, 3.05) is 6.54 Å². The molecule has 0 fully saturated rings. The molecule has 3 nitrogen and oxygen atoms in total. The summed E-state index contributed by atoms with van der Waals surface area (Å²) in [7, 11) is 0. The zero-order chi connectivity index (χ0) is 14.8. The third-order valence-electron chi connectivity index (χ3n) is 3.70. The van der Waals surface area contributed by atoms with Crippen LogP contribution in [-0.2, 0) is 12.0 Å². The van der Waals surface area contributed by atoms with Crippen LogP contribution in [0.1, 0.15) is 39.2 Å². The van der Waals surface area contributed by atoms with Gasteiger partial charge in [0.05, 0.1) is 0 Å². The number of nitrogens with two attached hydrogens (primary N) is 1. The molecule has 2 N–H and O–H groups in total. The number of aromatic nitrogens is 1. The van der Waals surface area contributed by atoms with Crippen molar-refractivity contribution in [3.8, 4) is 0 Å². The van der Waals surface area contributed by atoms with Gasteiger partial charge in [0.15, 0.2) is 0 Å². The van der Waals surface area contributed by atoms with Crippen molar-refractivity contribution in [3.05, 3.63) is 46.4 Å². The second-order valence-electron chi connectivity index (χ2n) is 6.36. The Morgan fingerprint density at radius 2 is 1.90 bits per heavy atom. The van der Waals surface area contributed by atoms with Gasteiger partial charge in [-0.2, -0.15) is 0 Å². The molecule has 0 saturated carbocycles. The summed E-state index contributed by atoms with van der Waals surface area (Å²) in [5.74, 6) is 0. The van der Waals surface area contributed by atoms with E-state index in [0.29, 0.717) is 6.54 Å². The van der Waals surface area contributed by atoms with Gasteiger partial charge in [-0.15, -0.1) is 0 Å². The molecule has 0 aliphatic carbocycles. The van der Waals surface area contributed by atoms with E-state index in [1.165, 1.54) is 5.56 Å². The Hall–Kier alpha value is -1.61. The molecule has 20 heavy (non-hydrogen) atoms. The van der Waals surface area contributed by atoms with Crippen LogP contribution >= 0.6 is 0 Å². The summed E-state index contributed by atoms with van der Waals surface area (Å²) in [4.78, 5) is 12.4. The predicted molar refractivity (Wildman–Crippen MR) is 85.2 cm³/mol. The first-order chi connectivity index (χ1) is 9.43. The van der Waals surface area contributed by atoms with E-state index in [4.69, 9.17) is 5.73 Å². The number of benzene rings is 1. The highest BCUT2D eigenvalue weighted by Gasteiger charge is 2.14. The van der Waals surface area contributed by atoms with E-state index in [-0.39, 0.29) is 11.0 Å². The van der Waals surface area contributed by atoms with Crippen molar-refractivity contribution >= 4 is 10.8 Å². The lowest BCUT2D eigenvalue weighted by Gasteiger charge is -2.19. The Morgan fingerprint density at radius 3 is 2.55 bits per heavy atom. The van der Waals surface area contributed by atoms with Gasteiger partial charge in [0, 0.05) is 18.1 Å². The Balaban J connectivity index is 2.40. The zero-order valence-electron chi connectivity index (χ0n) is 12.6. The zero-order valence-corrected chi connectivity index (χ0v) is 12.6. The first-order valence-electron chi connectivity index (χ1n) is 7.27. The lowest BCUT2D eigenvalue weighted by molar-refractivity contribution is 0.590. The molecule has 0 radical (unpaired) electrons. The Kier molecular flexibility index (Phi) is 4.29. The summed E-state index contributed by atoms with van der Waals surface area (Å²) in [6.45, 7) is 7.97. The van der Waals surface area contributed by atoms with Gasteiger partial charge in [0.25, 0.3) is 5.56 Å². The highest BCUT2D eigenvalue weighted by Crippen LogP contribution is 2.24. The molecule has 1 aromatic heterocycles. The van der Waals surface area contributed by atoms with E-state index in [0.717, 1.165) is 30.2 Å². The molecule has 0 bridgehead atoms. The summed E-state index contributed by atoms with van der Waals surface area (Å²) in [5, 5.41) is 1.82. The van der Waals surface area contributed by atoms with Crippen LogP contribution in [0, 0.1) is 0 Å². The molecule has 0 spiro atoms. The number of aryl methyl sites for hydroxylation is 1. The highest BCUT2D eigenvalue weighted by molar-refractivity contribution is 5.82. The summed E-state index contributed by atoms with van der Waals surface area (Å²) < 4.78 is 1.79. The van der Waals surface area contributed by atoms with Gasteiger partial charge in [-0.05, 0) is 47.9 Å². The Morgan fingerprint density at radius 1 is 1.15 bits per heavy atom. The van der Waals surface area contributed by atoms with Crippen LogP contribution in [0.2, 0.25) is 0 Å². The minimum Gasteiger partial charge on any atom is -0.330 e. The summed E-state index contributed by atoms with van der Waals surface area (Å²) >= 11 is 0. The molecule has 0 unspecified atom stereocenters. The Bertz CT molecular complexity index is 650. The van der Waals surface area contributed by atoms with E-state index in [1.54, 1.807) is 4.57 Å². The molecule has 3 heteroatoms. The van der Waals surface area contributed by atoms with E-state index in [2.05, 4.69) is 32.9 Å². The minimum absolute atomic E-state index is 0.0972. The maximum absolute atomic E-state index is 12.4. The van der Waals surface area contributed by atoms with Gasteiger partial charge in [0.2, 0.25) is 0 Å². The second-order valence-corrected chi connectivity index (χ2v) is 6.36. The number of pyridine rings is 1. The molecule has 2 rings (SSSR count). The van der Waals surface area contributed by atoms with Crippen LogP contribution in [0.15, 0.2) is 35.3 Å². The fraction of sp³-hybridized carbons (Fsp3) is 0.471. The number of rotatable bonds is 4. The second kappa shape index (κ2) is 5.80. The van der Waals surface area contributed by atoms with Crippen LogP contribution < -0.4 is 11.3 Å². The standard InChI is InChI=1S/C17H24N2O/c1-17(2,3)14-6-7-15-13(12-14)8-11-19(16(15)20)10-5-4-9-18/h6-8,11-12H,4-5,9-10,18H2,1-3H3. The smallest absolute Gasteiger partial charge is 0.258 e. The van der Waals surface area contributed by atoms with Crippen LogP contribution in [0.4, 0.5) is 0 Å². The third kappa shape index (κ3) is 3.10. The van der Waals surface area contributed by atoms with Gasteiger partial charge in [0.1, 0.15) is 0 Å². The molecule has 2 aromatic rings. The lowest BCUT2D eigenvalue weighted by Crippen LogP contribution is -2.20. The summed E-state index contributed by atoms with van der Waals surface area (Å²) in [6.07, 6.45) is 3.79. The SMILES string of the molecule is CC(C)(C)c1ccc2c(=O)n(CCCCN)ccc2c1. The maximum Gasteiger partial charge on any atom is 0.258 e. The molecular weight excluding hydrogens is 248 g/mol. The maximum atomic E-state index is 12.4. The van der Waals surface area contributed by atoms with Crippen LogP contribution in [0.3, 0.4) is 0 Å². The molecule has 0 aliphatic heterocycles. The quantitative estimate of drug-likeness (QED) is 0.870. The molecular formula is C17H24N2O. The lowest BCUT2D eigenvalue weighted by atomic mass is 9.86. The first-order valence-corrected chi connectivity index (χ1v) is 7.27. The van der Waals surface area contributed by atoms with Crippen molar-refractivity contribution in [3.63, 3.8) is 0 Å². The fourth-order valence-electron chi connectivity index (χ4n) is 2.36. The van der Waals surface area contributed by atoms with Crippen LogP contribution in [0.5, 0.6) is 0 Å². The third-order valence-corrected chi connectivity index (χ3v) is 3.70. The number of nitrogens with zero attached hydrogens (tertiary/aromatic N) is 1. The van der Waals surface area contributed by atoms with Gasteiger partial charge in [-0.1, -0.05) is 32.9 Å². The van der Waals surface area contributed by atoms with Crippen molar-refractivity contribution in [1.82, 2.24) is 4.57 Å². The first kappa shape index (κ1) is 14.8. The van der Waals surface area contributed by atoms with Crippen LogP contribution in [-0.4, -0.2) is 11.1 Å². The van der Waals surface area contributed by atoms with E-state index < -0.39 is 0 Å². The van der Waals surface area contributed by atoms with Crippen molar-refractivity contribution in [1.29, 1.82) is 0 Å². The molecule has 0 atom stereocenters. The molecule has 108 valence electrons. The molecule has 0 saturated heterocycles. The van der Waals surface area contributed by atoms with E-state index >= 15 is 0 Å². The van der Waals surface area contributed by atoms with Gasteiger partial charge in [-0.3, -0.25) is 4.79 Å². The average Bonchev–Trinajstić information content (AvgIpc) is 2.40.